The lowest BCUT2D eigenvalue weighted by molar-refractivity contribution is 0.0748. The van der Waals surface area contributed by atoms with Crippen LogP contribution in [0.1, 0.15) is 10.4 Å². The fraction of sp³-hybridized carbons (Fsp3) is 0.167. The van der Waals surface area contributed by atoms with E-state index in [4.69, 9.17) is 4.98 Å². The van der Waals surface area contributed by atoms with E-state index in [0.29, 0.717) is 18.7 Å². The molecule has 6 nitrogen and oxygen atoms in total. The van der Waals surface area contributed by atoms with E-state index in [0.717, 1.165) is 45.5 Å². The van der Waals surface area contributed by atoms with Crippen molar-refractivity contribution in [1.29, 1.82) is 0 Å². The Morgan fingerprint density at radius 2 is 1.71 bits per heavy atom. The van der Waals surface area contributed by atoms with Crippen LogP contribution < -0.4 is 4.90 Å². The molecular weight excluding hydrogens is 454 g/mol. The van der Waals surface area contributed by atoms with Crippen molar-refractivity contribution in [3.05, 3.63) is 83.2 Å². The Balaban J connectivity index is 1.43. The molecule has 7 heteroatoms. The topological polar surface area (TPSA) is 62.2 Å². The van der Waals surface area contributed by atoms with Gasteiger partial charge < -0.3 is 9.80 Å². The molecule has 3 aromatic heterocycles. The first-order chi connectivity index (χ1) is 15.2. The van der Waals surface area contributed by atoms with Crippen LogP contribution in [0.5, 0.6) is 0 Å². The van der Waals surface area contributed by atoms with Gasteiger partial charge in [-0.15, -0.1) is 0 Å². The fourth-order valence-electron chi connectivity index (χ4n) is 3.89. The molecule has 1 aromatic carbocycles. The van der Waals surface area contributed by atoms with Crippen molar-refractivity contribution >= 4 is 38.6 Å². The van der Waals surface area contributed by atoms with Crippen LogP contribution in [0.4, 0.5) is 5.82 Å². The van der Waals surface area contributed by atoms with Crippen LogP contribution in [0.15, 0.2) is 77.7 Å². The van der Waals surface area contributed by atoms with Gasteiger partial charge in [0.05, 0.1) is 16.8 Å². The van der Waals surface area contributed by atoms with Crippen molar-refractivity contribution in [2.24, 2.45) is 0 Å². The fourth-order valence-corrected chi connectivity index (χ4v) is 4.12. The SMILES string of the molecule is O=C(c1cc(-c2ccncc2)nc2ccccc12)N1CCN(c2ccc(Br)cn2)CC1. The molecule has 1 saturated heterocycles. The van der Waals surface area contributed by atoms with Gasteiger partial charge in [-0.3, -0.25) is 9.78 Å². The molecule has 1 aliphatic heterocycles. The monoisotopic (exact) mass is 473 g/mol. The first kappa shape index (κ1) is 19.6. The highest BCUT2D eigenvalue weighted by atomic mass is 79.9. The molecule has 0 aliphatic carbocycles. The van der Waals surface area contributed by atoms with Crippen LogP contribution in [-0.2, 0) is 0 Å². The molecule has 154 valence electrons. The molecule has 0 N–H and O–H groups in total. The normalized spacial score (nSPS) is 14.1. The standard InChI is InChI=1S/C24H20BrN5O/c25-18-5-6-23(27-16-18)29-11-13-30(14-12-29)24(31)20-15-22(17-7-9-26-10-8-17)28-21-4-2-1-3-19(20)21/h1-10,15-16H,11-14H2. The van der Waals surface area contributed by atoms with Crippen molar-refractivity contribution in [2.75, 3.05) is 31.1 Å². The lowest BCUT2D eigenvalue weighted by Gasteiger charge is -2.35. The van der Waals surface area contributed by atoms with Crippen LogP contribution in [0.3, 0.4) is 0 Å². The van der Waals surface area contributed by atoms with Gasteiger partial charge in [0.2, 0.25) is 0 Å². The molecule has 5 rings (SSSR count). The van der Waals surface area contributed by atoms with Crippen LogP contribution in [-0.4, -0.2) is 51.9 Å². The third-order valence-electron chi connectivity index (χ3n) is 5.53. The van der Waals surface area contributed by atoms with Crippen LogP contribution in [0.25, 0.3) is 22.2 Å². The molecule has 31 heavy (non-hydrogen) atoms. The number of para-hydroxylation sites is 1. The predicted molar refractivity (Wildman–Crippen MR) is 125 cm³/mol. The summed E-state index contributed by atoms with van der Waals surface area (Å²) in [5.74, 6) is 0.974. The number of carbonyl (C=O) groups is 1. The van der Waals surface area contributed by atoms with Crippen molar-refractivity contribution in [3.63, 3.8) is 0 Å². The molecule has 1 amide bonds. The first-order valence-corrected chi connectivity index (χ1v) is 10.9. The number of nitrogens with zero attached hydrogens (tertiary/aromatic N) is 5. The van der Waals surface area contributed by atoms with E-state index in [2.05, 4.69) is 30.8 Å². The molecule has 1 fully saturated rings. The number of carbonyl (C=O) groups excluding carboxylic acids is 1. The molecule has 0 atom stereocenters. The average molecular weight is 474 g/mol. The number of rotatable bonds is 3. The number of fused-ring (bicyclic) bond motifs is 1. The lowest BCUT2D eigenvalue weighted by Crippen LogP contribution is -2.49. The number of benzene rings is 1. The number of hydrogen-bond donors (Lipinski definition) is 0. The van der Waals surface area contributed by atoms with E-state index < -0.39 is 0 Å². The van der Waals surface area contributed by atoms with Gasteiger partial charge in [-0.2, -0.15) is 0 Å². The molecular formula is C24H20BrN5O. The van der Waals surface area contributed by atoms with Gasteiger partial charge in [0.25, 0.3) is 5.91 Å². The summed E-state index contributed by atoms with van der Waals surface area (Å²) in [7, 11) is 0. The van der Waals surface area contributed by atoms with E-state index >= 15 is 0 Å². The van der Waals surface area contributed by atoms with Crippen LogP contribution in [0.2, 0.25) is 0 Å². The maximum atomic E-state index is 13.5. The second-order valence-corrected chi connectivity index (χ2v) is 8.34. The van der Waals surface area contributed by atoms with Crippen LogP contribution in [0, 0.1) is 0 Å². The van der Waals surface area contributed by atoms with Crippen molar-refractivity contribution in [2.45, 2.75) is 0 Å². The summed E-state index contributed by atoms with van der Waals surface area (Å²) in [6.45, 7) is 2.80. The van der Waals surface area contributed by atoms with Gasteiger partial charge in [-0.05, 0) is 52.3 Å². The quantitative estimate of drug-likeness (QED) is 0.440. The summed E-state index contributed by atoms with van der Waals surface area (Å²) in [5.41, 5.74) is 3.23. The number of aromatic nitrogens is 3. The minimum absolute atomic E-state index is 0.0392. The zero-order valence-electron chi connectivity index (χ0n) is 16.8. The molecule has 0 bridgehead atoms. The number of halogens is 1. The van der Waals surface area contributed by atoms with Crippen molar-refractivity contribution in [1.82, 2.24) is 19.9 Å². The summed E-state index contributed by atoms with van der Waals surface area (Å²) in [6, 6.07) is 17.5. The number of anilines is 1. The predicted octanol–water partition coefficient (Wildman–Crippen LogP) is 4.42. The highest BCUT2D eigenvalue weighted by Gasteiger charge is 2.25. The van der Waals surface area contributed by atoms with Crippen LogP contribution >= 0.6 is 15.9 Å². The van der Waals surface area contributed by atoms with Crippen molar-refractivity contribution < 1.29 is 4.79 Å². The van der Waals surface area contributed by atoms with Gasteiger partial charge in [0, 0.05) is 60.2 Å². The first-order valence-electron chi connectivity index (χ1n) is 10.1. The molecule has 4 heterocycles. The Morgan fingerprint density at radius 1 is 0.935 bits per heavy atom. The van der Waals surface area contributed by atoms with Gasteiger partial charge in [-0.1, -0.05) is 18.2 Å². The van der Waals surface area contributed by atoms with Crippen molar-refractivity contribution in [3.8, 4) is 11.3 Å². The minimum atomic E-state index is 0.0392. The third-order valence-corrected chi connectivity index (χ3v) is 5.99. The summed E-state index contributed by atoms with van der Waals surface area (Å²) in [5, 5.41) is 0.877. The highest BCUT2D eigenvalue weighted by Crippen LogP contribution is 2.26. The maximum Gasteiger partial charge on any atom is 0.254 e. The molecule has 4 aromatic rings. The number of pyridine rings is 3. The Labute approximate surface area is 188 Å². The van der Waals surface area contributed by atoms with Gasteiger partial charge in [0.1, 0.15) is 5.82 Å². The summed E-state index contributed by atoms with van der Waals surface area (Å²) >= 11 is 3.42. The third kappa shape index (κ3) is 4.01. The van der Waals surface area contributed by atoms with E-state index in [1.54, 1.807) is 18.6 Å². The maximum absolute atomic E-state index is 13.5. The second-order valence-electron chi connectivity index (χ2n) is 7.42. The smallest absolute Gasteiger partial charge is 0.254 e. The minimum Gasteiger partial charge on any atom is -0.353 e. The molecule has 1 aliphatic rings. The summed E-state index contributed by atoms with van der Waals surface area (Å²) in [6.07, 6.45) is 5.28. The van der Waals surface area contributed by atoms with E-state index in [-0.39, 0.29) is 5.91 Å². The highest BCUT2D eigenvalue weighted by molar-refractivity contribution is 9.10. The Kier molecular flexibility index (Phi) is 5.34. The molecule has 0 spiro atoms. The number of amides is 1. The molecule has 0 radical (unpaired) electrons. The Hall–Kier alpha value is -3.32. The zero-order valence-corrected chi connectivity index (χ0v) is 18.4. The van der Waals surface area contributed by atoms with Gasteiger partial charge >= 0.3 is 0 Å². The number of hydrogen-bond acceptors (Lipinski definition) is 5. The van der Waals surface area contributed by atoms with E-state index in [9.17, 15) is 4.79 Å². The van der Waals surface area contributed by atoms with Gasteiger partial charge in [0.15, 0.2) is 0 Å². The molecule has 0 unspecified atom stereocenters. The summed E-state index contributed by atoms with van der Waals surface area (Å²) in [4.78, 5) is 31.0. The lowest BCUT2D eigenvalue weighted by atomic mass is 10.0. The Morgan fingerprint density at radius 3 is 2.45 bits per heavy atom. The Bertz CT molecular complexity index is 1220. The van der Waals surface area contributed by atoms with E-state index in [1.807, 2.05) is 59.5 Å². The summed E-state index contributed by atoms with van der Waals surface area (Å²) < 4.78 is 0.958. The largest absolute Gasteiger partial charge is 0.353 e. The molecule has 0 saturated carbocycles. The average Bonchev–Trinajstić information content (AvgIpc) is 2.84. The number of piperazine rings is 1. The second kappa shape index (κ2) is 8.43. The van der Waals surface area contributed by atoms with Gasteiger partial charge in [-0.25, -0.2) is 9.97 Å². The van der Waals surface area contributed by atoms with E-state index in [1.165, 1.54) is 0 Å². The zero-order chi connectivity index (χ0) is 21.2.